The van der Waals surface area contributed by atoms with Crippen LogP contribution in [0, 0.1) is 3.57 Å². The Bertz CT molecular complexity index is 572. The molecule has 1 N–H and O–H groups in total. The zero-order chi connectivity index (χ0) is 11.7. The Labute approximate surface area is 106 Å². The summed E-state index contributed by atoms with van der Waals surface area (Å²) in [7, 11) is 1.82. The van der Waals surface area contributed by atoms with Gasteiger partial charge in [0.05, 0.1) is 9.26 Å². The first-order valence-electron chi connectivity index (χ1n) is 4.90. The summed E-state index contributed by atoms with van der Waals surface area (Å²) in [6.45, 7) is 1.98. The van der Waals surface area contributed by atoms with Crippen LogP contribution in [0.5, 0.6) is 0 Å². The molecule has 2 rings (SSSR count). The summed E-state index contributed by atoms with van der Waals surface area (Å²) < 4.78 is 2.34. The van der Waals surface area contributed by atoms with Gasteiger partial charge in [0.1, 0.15) is 5.69 Å². The molecule has 0 amide bonds. The van der Waals surface area contributed by atoms with E-state index in [4.69, 9.17) is 0 Å². The highest BCUT2D eigenvalue weighted by atomic mass is 127. The van der Waals surface area contributed by atoms with Crippen LogP contribution in [0.3, 0.4) is 0 Å². The Hall–Kier alpha value is -1.18. The van der Waals surface area contributed by atoms with E-state index in [2.05, 4.69) is 15.1 Å². The Morgan fingerprint density at radius 2 is 2.31 bits per heavy atom. The maximum absolute atomic E-state index is 11.7. The van der Waals surface area contributed by atoms with Crippen LogP contribution < -0.4 is 5.56 Å². The molecule has 0 saturated heterocycles. The smallest absolute Gasteiger partial charge is 0.264 e. The molecule has 5 nitrogen and oxygen atoms in total. The van der Waals surface area contributed by atoms with Crippen molar-refractivity contribution in [1.29, 1.82) is 0 Å². The first-order valence-corrected chi connectivity index (χ1v) is 5.98. The van der Waals surface area contributed by atoms with Gasteiger partial charge in [0.2, 0.25) is 0 Å². The predicted molar refractivity (Wildman–Crippen MR) is 69.2 cm³/mol. The van der Waals surface area contributed by atoms with Gasteiger partial charge in [-0.3, -0.25) is 9.48 Å². The molecule has 0 atom stereocenters. The summed E-state index contributed by atoms with van der Waals surface area (Å²) >= 11 is 2.02. The molecule has 2 aromatic heterocycles. The van der Waals surface area contributed by atoms with E-state index in [0.29, 0.717) is 9.39 Å². The zero-order valence-electron chi connectivity index (χ0n) is 8.99. The summed E-state index contributed by atoms with van der Waals surface area (Å²) in [6, 6.07) is 1.82. The van der Waals surface area contributed by atoms with E-state index in [-0.39, 0.29) is 5.56 Å². The van der Waals surface area contributed by atoms with E-state index in [1.165, 1.54) is 0 Å². The molecule has 0 unspecified atom stereocenters. The monoisotopic (exact) mass is 330 g/mol. The number of H-pyrrole nitrogens is 1. The van der Waals surface area contributed by atoms with E-state index < -0.39 is 0 Å². The molecule has 0 spiro atoms. The highest BCUT2D eigenvalue weighted by molar-refractivity contribution is 14.1. The average Bonchev–Trinajstić information content (AvgIpc) is 2.68. The molecular weight excluding hydrogens is 319 g/mol. The van der Waals surface area contributed by atoms with E-state index in [9.17, 15) is 4.79 Å². The third-order valence-electron chi connectivity index (χ3n) is 2.33. The van der Waals surface area contributed by atoms with E-state index >= 15 is 0 Å². The largest absolute Gasteiger partial charge is 0.304 e. The van der Waals surface area contributed by atoms with Crippen LogP contribution in [-0.4, -0.2) is 19.7 Å². The van der Waals surface area contributed by atoms with Crippen molar-refractivity contribution in [1.82, 2.24) is 19.7 Å². The average molecular weight is 330 g/mol. The van der Waals surface area contributed by atoms with Gasteiger partial charge in [-0.15, -0.1) is 0 Å². The van der Waals surface area contributed by atoms with Crippen molar-refractivity contribution in [3.63, 3.8) is 0 Å². The van der Waals surface area contributed by atoms with E-state index in [1.54, 1.807) is 10.9 Å². The fourth-order valence-electron chi connectivity index (χ4n) is 1.47. The van der Waals surface area contributed by atoms with Gasteiger partial charge in [0.15, 0.2) is 5.82 Å². The number of aromatic nitrogens is 4. The first-order chi connectivity index (χ1) is 7.63. The Balaban J connectivity index is 2.64. The number of rotatable bonds is 2. The number of hydrogen-bond acceptors (Lipinski definition) is 3. The molecule has 0 saturated carbocycles. The van der Waals surface area contributed by atoms with Gasteiger partial charge in [-0.05, 0) is 35.1 Å². The molecule has 2 heterocycles. The lowest BCUT2D eigenvalue weighted by atomic mass is 10.3. The Morgan fingerprint density at radius 1 is 1.56 bits per heavy atom. The first kappa shape index (κ1) is 11.3. The normalized spacial score (nSPS) is 10.7. The second-order valence-corrected chi connectivity index (χ2v) is 4.45. The van der Waals surface area contributed by atoms with Gasteiger partial charge in [-0.1, -0.05) is 6.92 Å². The fraction of sp³-hybridized carbons (Fsp3) is 0.300. The van der Waals surface area contributed by atoms with Crippen molar-refractivity contribution < 1.29 is 0 Å². The Morgan fingerprint density at radius 3 is 2.88 bits per heavy atom. The van der Waals surface area contributed by atoms with Gasteiger partial charge < -0.3 is 4.98 Å². The summed E-state index contributed by atoms with van der Waals surface area (Å²) in [5.41, 5.74) is 1.53. The molecule has 0 aliphatic rings. The minimum absolute atomic E-state index is 0.0938. The lowest BCUT2D eigenvalue weighted by molar-refractivity contribution is 0.767. The van der Waals surface area contributed by atoms with Gasteiger partial charge in [-0.2, -0.15) is 5.10 Å². The summed E-state index contributed by atoms with van der Waals surface area (Å²) in [5.74, 6) is 0.572. The Kier molecular flexibility index (Phi) is 3.08. The van der Waals surface area contributed by atoms with Crippen molar-refractivity contribution in [3.05, 3.63) is 31.9 Å². The number of nitrogens with zero attached hydrogens (tertiary/aromatic N) is 3. The molecule has 0 fully saturated rings. The van der Waals surface area contributed by atoms with Crippen LogP contribution in [0.15, 0.2) is 17.1 Å². The van der Waals surface area contributed by atoms with Crippen LogP contribution in [0.25, 0.3) is 11.5 Å². The second-order valence-electron chi connectivity index (χ2n) is 3.37. The molecule has 0 bridgehead atoms. The van der Waals surface area contributed by atoms with Crippen LogP contribution >= 0.6 is 22.6 Å². The maximum Gasteiger partial charge on any atom is 0.264 e. The van der Waals surface area contributed by atoms with Crippen molar-refractivity contribution in [3.8, 4) is 11.5 Å². The minimum Gasteiger partial charge on any atom is -0.304 e. The summed E-state index contributed by atoms with van der Waals surface area (Å²) in [5, 5.41) is 4.05. The summed E-state index contributed by atoms with van der Waals surface area (Å²) in [4.78, 5) is 18.9. The lowest BCUT2D eigenvalue weighted by Gasteiger charge is -2.04. The molecule has 2 aromatic rings. The van der Waals surface area contributed by atoms with Crippen LogP contribution in [0.1, 0.15) is 12.6 Å². The van der Waals surface area contributed by atoms with Crippen LogP contribution in [-0.2, 0) is 13.5 Å². The van der Waals surface area contributed by atoms with Gasteiger partial charge >= 0.3 is 0 Å². The molecule has 16 heavy (non-hydrogen) atoms. The molecular formula is C10H11IN4O. The van der Waals surface area contributed by atoms with Crippen molar-refractivity contribution in [2.45, 2.75) is 13.3 Å². The van der Waals surface area contributed by atoms with Crippen LogP contribution in [0.2, 0.25) is 0 Å². The second kappa shape index (κ2) is 4.36. The van der Waals surface area contributed by atoms with Crippen molar-refractivity contribution >= 4 is 22.6 Å². The number of halogens is 1. The third-order valence-corrected chi connectivity index (χ3v) is 3.44. The van der Waals surface area contributed by atoms with Crippen LogP contribution in [0.4, 0.5) is 0 Å². The quantitative estimate of drug-likeness (QED) is 0.845. The summed E-state index contributed by atoms with van der Waals surface area (Å²) in [6.07, 6.45) is 2.42. The molecule has 0 radical (unpaired) electrons. The molecule has 0 aromatic carbocycles. The number of hydrogen-bond donors (Lipinski definition) is 1. The topological polar surface area (TPSA) is 63.6 Å². The maximum atomic E-state index is 11.7. The highest BCUT2D eigenvalue weighted by Gasteiger charge is 2.10. The van der Waals surface area contributed by atoms with E-state index in [0.717, 1.165) is 17.8 Å². The number of aryl methyl sites for hydroxylation is 2. The standard InChI is InChI=1S/C10H11IN4O/c1-3-6-8(11)10(16)14-9(13-6)7-4-5-12-15(7)2/h4-5H,3H2,1-2H3,(H,13,14,16). The molecule has 6 heteroatoms. The zero-order valence-corrected chi connectivity index (χ0v) is 11.1. The van der Waals surface area contributed by atoms with Crippen molar-refractivity contribution in [2.24, 2.45) is 7.05 Å². The third kappa shape index (κ3) is 1.89. The van der Waals surface area contributed by atoms with Crippen molar-refractivity contribution in [2.75, 3.05) is 0 Å². The highest BCUT2D eigenvalue weighted by Crippen LogP contribution is 2.14. The molecule has 0 aliphatic heterocycles. The lowest BCUT2D eigenvalue weighted by Crippen LogP contribution is -2.16. The molecule has 84 valence electrons. The number of nitrogens with one attached hydrogen (secondary N) is 1. The SMILES string of the molecule is CCc1nc(-c2ccnn2C)[nH]c(=O)c1I. The molecule has 0 aliphatic carbocycles. The van der Waals surface area contributed by atoms with Gasteiger partial charge in [-0.25, -0.2) is 4.98 Å². The fourth-order valence-corrected chi connectivity index (χ4v) is 2.10. The predicted octanol–water partition coefficient (Wildman–Crippen LogP) is 1.34. The van der Waals surface area contributed by atoms with E-state index in [1.807, 2.05) is 42.6 Å². The van der Waals surface area contributed by atoms with Gasteiger partial charge in [0, 0.05) is 13.2 Å². The number of aromatic amines is 1. The van der Waals surface area contributed by atoms with Gasteiger partial charge in [0.25, 0.3) is 5.56 Å². The minimum atomic E-state index is -0.0938.